The lowest BCUT2D eigenvalue weighted by Gasteiger charge is -2.23. The monoisotopic (exact) mass is 373 g/mol. The molecule has 2 aromatic rings. The highest BCUT2D eigenvalue weighted by Gasteiger charge is 2.23. The number of nitrogens with one attached hydrogen (secondary N) is 3. The number of anilines is 2. The first kappa shape index (κ1) is 17.8. The van der Waals surface area contributed by atoms with E-state index < -0.39 is 12.0 Å². The molecule has 1 atom stereocenters. The Bertz CT molecular complexity index is 867. The van der Waals surface area contributed by atoms with Gasteiger partial charge in [-0.3, -0.25) is 14.4 Å². The number of fused-ring (bicyclic) bond motifs is 1. The van der Waals surface area contributed by atoms with Gasteiger partial charge in [0.15, 0.2) is 6.10 Å². The number of hydrogen-bond acceptors (Lipinski definition) is 4. The number of ether oxygens (including phenoxy) is 1. The van der Waals surface area contributed by atoms with Gasteiger partial charge in [-0.25, -0.2) is 0 Å². The molecule has 134 valence electrons. The Labute approximate surface area is 154 Å². The minimum atomic E-state index is -0.564. The van der Waals surface area contributed by atoms with E-state index in [-0.39, 0.29) is 18.4 Å². The highest BCUT2D eigenvalue weighted by atomic mass is 35.5. The fourth-order valence-electron chi connectivity index (χ4n) is 2.36. The molecular formula is C18H16ClN3O4. The summed E-state index contributed by atoms with van der Waals surface area (Å²) < 4.78 is 5.45. The fourth-order valence-corrected chi connectivity index (χ4v) is 2.48. The molecule has 2 aromatic carbocycles. The van der Waals surface area contributed by atoms with Gasteiger partial charge in [0.2, 0.25) is 5.91 Å². The number of carbonyl (C=O) groups excluding carboxylic acids is 3. The molecule has 0 saturated carbocycles. The Hall–Kier alpha value is -3.06. The van der Waals surface area contributed by atoms with Gasteiger partial charge in [0.25, 0.3) is 11.8 Å². The van der Waals surface area contributed by atoms with E-state index in [2.05, 4.69) is 16.0 Å². The van der Waals surface area contributed by atoms with Crippen molar-refractivity contribution in [2.45, 2.75) is 13.0 Å². The predicted molar refractivity (Wildman–Crippen MR) is 97.6 cm³/mol. The summed E-state index contributed by atoms with van der Waals surface area (Å²) in [5.74, 6) is -0.497. The summed E-state index contributed by atoms with van der Waals surface area (Å²) in [6, 6.07) is 11.3. The first-order valence-electron chi connectivity index (χ1n) is 7.87. The number of amides is 3. The van der Waals surface area contributed by atoms with Gasteiger partial charge in [0.05, 0.1) is 12.2 Å². The highest BCUT2D eigenvalue weighted by Crippen LogP contribution is 2.32. The fraction of sp³-hybridized carbons (Fsp3) is 0.167. The van der Waals surface area contributed by atoms with Gasteiger partial charge in [0, 0.05) is 16.3 Å². The van der Waals surface area contributed by atoms with Crippen molar-refractivity contribution in [3.63, 3.8) is 0 Å². The normalized spacial score (nSPS) is 15.3. The maximum Gasteiger partial charge on any atom is 0.265 e. The van der Waals surface area contributed by atoms with Crippen LogP contribution in [0.3, 0.4) is 0 Å². The lowest BCUT2D eigenvalue weighted by atomic mass is 10.2. The van der Waals surface area contributed by atoms with Crippen molar-refractivity contribution < 1.29 is 19.1 Å². The Morgan fingerprint density at radius 1 is 1.19 bits per heavy atom. The average molecular weight is 374 g/mol. The van der Waals surface area contributed by atoms with Crippen molar-refractivity contribution in [2.24, 2.45) is 0 Å². The third kappa shape index (κ3) is 4.12. The third-order valence-corrected chi connectivity index (χ3v) is 3.96. The van der Waals surface area contributed by atoms with Gasteiger partial charge in [-0.1, -0.05) is 11.6 Å². The highest BCUT2D eigenvalue weighted by molar-refractivity contribution is 6.30. The van der Waals surface area contributed by atoms with E-state index in [0.29, 0.717) is 27.7 Å². The molecule has 0 spiro atoms. The first-order valence-corrected chi connectivity index (χ1v) is 8.25. The summed E-state index contributed by atoms with van der Waals surface area (Å²) in [6.07, 6.45) is -0.564. The summed E-state index contributed by atoms with van der Waals surface area (Å²) in [5, 5.41) is 8.41. The van der Waals surface area contributed by atoms with Crippen LogP contribution < -0.4 is 20.7 Å². The molecule has 0 aromatic heterocycles. The molecule has 0 radical (unpaired) electrons. The number of halogens is 1. The molecule has 1 aliphatic heterocycles. The largest absolute Gasteiger partial charge is 0.479 e. The molecule has 3 N–H and O–H groups in total. The summed E-state index contributed by atoms with van der Waals surface area (Å²) >= 11 is 5.77. The molecule has 0 unspecified atom stereocenters. The SMILES string of the molecule is C[C@@H]1Oc2ccc(NC(=O)CNC(=O)c3ccc(Cl)cc3)cc2NC1=O. The van der Waals surface area contributed by atoms with Crippen LogP contribution in [0.4, 0.5) is 11.4 Å². The molecule has 1 heterocycles. The smallest absolute Gasteiger partial charge is 0.265 e. The minimum Gasteiger partial charge on any atom is -0.479 e. The third-order valence-electron chi connectivity index (χ3n) is 3.71. The maximum atomic E-state index is 12.0. The molecule has 26 heavy (non-hydrogen) atoms. The van der Waals surface area contributed by atoms with E-state index in [9.17, 15) is 14.4 Å². The van der Waals surface area contributed by atoms with Gasteiger partial charge in [0.1, 0.15) is 5.75 Å². The van der Waals surface area contributed by atoms with Gasteiger partial charge < -0.3 is 20.7 Å². The summed E-state index contributed by atoms with van der Waals surface area (Å²) in [6.45, 7) is 1.45. The first-order chi connectivity index (χ1) is 12.4. The maximum absolute atomic E-state index is 12.0. The van der Waals surface area contributed by atoms with Crippen LogP contribution in [0.2, 0.25) is 5.02 Å². The van der Waals surface area contributed by atoms with Crippen molar-refractivity contribution in [3.05, 3.63) is 53.1 Å². The zero-order valence-electron chi connectivity index (χ0n) is 13.8. The molecule has 0 fully saturated rings. The van der Waals surface area contributed by atoms with Crippen LogP contribution in [0.15, 0.2) is 42.5 Å². The molecule has 1 aliphatic rings. The van der Waals surface area contributed by atoms with E-state index in [1.165, 1.54) is 0 Å². The number of hydrogen-bond donors (Lipinski definition) is 3. The van der Waals surface area contributed by atoms with Crippen LogP contribution in [-0.2, 0) is 9.59 Å². The second-order valence-electron chi connectivity index (χ2n) is 5.70. The lowest BCUT2D eigenvalue weighted by molar-refractivity contribution is -0.122. The van der Waals surface area contributed by atoms with Crippen molar-refractivity contribution in [1.29, 1.82) is 0 Å². The Morgan fingerprint density at radius 3 is 2.65 bits per heavy atom. The molecular weight excluding hydrogens is 358 g/mol. The predicted octanol–water partition coefficient (Wildman–Crippen LogP) is 2.43. The van der Waals surface area contributed by atoms with Gasteiger partial charge in [-0.2, -0.15) is 0 Å². The lowest BCUT2D eigenvalue weighted by Crippen LogP contribution is -2.34. The van der Waals surface area contributed by atoms with Gasteiger partial charge in [-0.15, -0.1) is 0 Å². The molecule has 8 heteroatoms. The second-order valence-corrected chi connectivity index (χ2v) is 6.13. The van der Waals surface area contributed by atoms with Crippen molar-refractivity contribution in [2.75, 3.05) is 17.2 Å². The number of carbonyl (C=O) groups is 3. The standard InChI is InChI=1S/C18H16ClN3O4/c1-10-17(24)22-14-8-13(6-7-15(14)26-10)21-16(23)9-20-18(25)11-2-4-12(19)5-3-11/h2-8,10H,9H2,1H3,(H,20,25)(H,21,23)(H,22,24)/t10-/m0/s1. The summed E-state index contributed by atoms with van der Waals surface area (Å²) in [4.78, 5) is 35.6. The summed E-state index contributed by atoms with van der Waals surface area (Å²) in [7, 11) is 0. The second kappa shape index (κ2) is 7.45. The molecule has 0 bridgehead atoms. The van der Waals surface area contributed by atoms with Gasteiger partial charge >= 0.3 is 0 Å². The number of rotatable bonds is 4. The zero-order chi connectivity index (χ0) is 18.7. The van der Waals surface area contributed by atoms with E-state index in [4.69, 9.17) is 16.3 Å². The molecule has 0 saturated heterocycles. The van der Waals surface area contributed by atoms with E-state index in [1.807, 2.05) is 0 Å². The van der Waals surface area contributed by atoms with Crippen molar-refractivity contribution >= 4 is 40.7 Å². The van der Waals surface area contributed by atoms with Crippen LogP contribution >= 0.6 is 11.6 Å². The Morgan fingerprint density at radius 2 is 1.92 bits per heavy atom. The topological polar surface area (TPSA) is 96.5 Å². The Balaban J connectivity index is 1.57. The van der Waals surface area contributed by atoms with Crippen LogP contribution in [0.25, 0.3) is 0 Å². The van der Waals surface area contributed by atoms with Crippen molar-refractivity contribution in [1.82, 2.24) is 5.32 Å². The average Bonchev–Trinajstić information content (AvgIpc) is 2.61. The minimum absolute atomic E-state index is 0.196. The molecule has 0 aliphatic carbocycles. The Kier molecular flexibility index (Phi) is 5.09. The molecule has 3 amide bonds. The van der Waals surface area contributed by atoms with Crippen LogP contribution in [0.1, 0.15) is 17.3 Å². The number of benzene rings is 2. The van der Waals surface area contributed by atoms with Crippen LogP contribution in [-0.4, -0.2) is 30.4 Å². The van der Waals surface area contributed by atoms with E-state index in [1.54, 1.807) is 49.4 Å². The van der Waals surface area contributed by atoms with Crippen molar-refractivity contribution in [3.8, 4) is 5.75 Å². The van der Waals surface area contributed by atoms with E-state index in [0.717, 1.165) is 0 Å². The summed E-state index contributed by atoms with van der Waals surface area (Å²) in [5.41, 5.74) is 1.37. The molecule has 7 nitrogen and oxygen atoms in total. The van der Waals surface area contributed by atoms with E-state index >= 15 is 0 Å². The molecule has 3 rings (SSSR count). The zero-order valence-corrected chi connectivity index (χ0v) is 14.6. The van der Waals surface area contributed by atoms with Crippen LogP contribution in [0, 0.1) is 0 Å². The van der Waals surface area contributed by atoms with Gasteiger partial charge in [-0.05, 0) is 49.4 Å². The quantitative estimate of drug-likeness (QED) is 0.766. The van der Waals surface area contributed by atoms with Crippen LogP contribution in [0.5, 0.6) is 5.75 Å².